The molecule has 0 bridgehead atoms. The number of aromatic nitrogens is 3. The summed E-state index contributed by atoms with van der Waals surface area (Å²) in [6.07, 6.45) is 1.64. The third-order valence-electron chi connectivity index (χ3n) is 3.04. The molecule has 0 atom stereocenters. The molecule has 3 aromatic rings. The second kappa shape index (κ2) is 5.16. The molecule has 0 saturated carbocycles. The van der Waals surface area contributed by atoms with Crippen molar-refractivity contribution < 1.29 is 14.4 Å². The summed E-state index contributed by atoms with van der Waals surface area (Å²) in [6, 6.07) is 10.2. The van der Waals surface area contributed by atoms with Crippen LogP contribution >= 0.6 is 0 Å². The number of hydrogen-bond acceptors (Lipinski definition) is 5. The second-order valence-corrected chi connectivity index (χ2v) is 4.44. The minimum Gasteiger partial charge on any atom is -0.478 e. The maximum atomic E-state index is 11.2. The van der Waals surface area contributed by atoms with Crippen molar-refractivity contribution in [2.45, 2.75) is 6.92 Å². The highest BCUT2D eigenvalue weighted by atomic mass is 16.5. The molecule has 0 spiro atoms. The van der Waals surface area contributed by atoms with E-state index in [9.17, 15) is 9.90 Å². The molecule has 2 aromatic heterocycles. The molecule has 6 heteroatoms. The fourth-order valence-corrected chi connectivity index (χ4v) is 2.00. The van der Waals surface area contributed by atoms with Crippen LogP contribution in [0.5, 0.6) is 0 Å². The molecule has 0 radical (unpaired) electrons. The van der Waals surface area contributed by atoms with Crippen LogP contribution in [0.1, 0.15) is 15.9 Å². The Labute approximate surface area is 120 Å². The average Bonchev–Trinajstić information content (AvgIpc) is 2.97. The maximum absolute atomic E-state index is 11.2. The van der Waals surface area contributed by atoms with Crippen molar-refractivity contribution in [3.8, 4) is 23.0 Å². The highest BCUT2D eigenvalue weighted by Crippen LogP contribution is 2.25. The number of benzene rings is 1. The van der Waals surface area contributed by atoms with E-state index in [-0.39, 0.29) is 11.5 Å². The van der Waals surface area contributed by atoms with Gasteiger partial charge < -0.3 is 9.63 Å². The van der Waals surface area contributed by atoms with E-state index in [0.717, 1.165) is 5.56 Å². The van der Waals surface area contributed by atoms with Gasteiger partial charge in [0.05, 0.1) is 11.1 Å². The predicted octanol–water partition coefficient (Wildman–Crippen LogP) is 2.81. The summed E-state index contributed by atoms with van der Waals surface area (Å²) in [4.78, 5) is 19.7. The predicted molar refractivity (Wildman–Crippen MR) is 74.7 cm³/mol. The summed E-state index contributed by atoms with van der Waals surface area (Å²) in [5.74, 6) is -0.546. The first-order chi connectivity index (χ1) is 10.2. The quantitative estimate of drug-likeness (QED) is 0.794. The molecular formula is C15H11N3O3. The molecule has 21 heavy (non-hydrogen) atoms. The van der Waals surface area contributed by atoms with Gasteiger partial charge in [-0.2, -0.15) is 4.98 Å². The molecule has 1 aromatic carbocycles. The number of rotatable bonds is 3. The Hall–Kier alpha value is -3.02. The number of nitrogens with zero attached hydrogens (tertiary/aromatic N) is 3. The Morgan fingerprint density at radius 1 is 1.19 bits per heavy atom. The van der Waals surface area contributed by atoms with Crippen molar-refractivity contribution in [3.05, 3.63) is 53.7 Å². The van der Waals surface area contributed by atoms with Crippen molar-refractivity contribution >= 4 is 5.97 Å². The summed E-state index contributed by atoms with van der Waals surface area (Å²) in [6.45, 7) is 1.89. The van der Waals surface area contributed by atoms with Gasteiger partial charge in [-0.05, 0) is 30.7 Å². The first kappa shape index (κ1) is 13.0. The van der Waals surface area contributed by atoms with Crippen LogP contribution in [0.3, 0.4) is 0 Å². The van der Waals surface area contributed by atoms with Crippen LogP contribution in [0.15, 0.2) is 47.1 Å². The molecular weight excluding hydrogens is 270 g/mol. The number of aromatic carboxylic acids is 1. The Morgan fingerprint density at radius 2 is 2.00 bits per heavy atom. The topological polar surface area (TPSA) is 89.1 Å². The number of carboxylic acid groups (broad SMARTS) is 1. The van der Waals surface area contributed by atoms with Gasteiger partial charge in [0.2, 0.25) is 5.82 Å². The molecule has 0 aliphatic rings. The van der Waals surface area contributed by atoms with Gasteiger partial charge in [0.1, 0.15) is 5.69 Å². The molecule has 0 unspecified atom stereocenters. The number of pyridine rings is 1. The van der Waals surface area contributed by atoms with E-state index in [1.807, 2.05) is 19.1 Å². The number of carboxylic acids is 1. The molecule has 1 N–H and O–H groups in total. The van der Waals surface area contributed by atoms with Gasteiger partial charge in [0.25, 0.3) is 5.89 Å². The van der Waals surface area contributed by atoms with E-state index >= 15 is 0 Å². The molecule has 0 aliphatic carbocycles. The zero-order chi connectivity index (χ0) is 14.8. The first-order valence-corrected chi connectivity index (χ1v) is 6.25. The van der Waals surface area contributed by atoms with Crippen LogP contribution in [-0.4, -0.2) is 26.2 Å². The smallest absolute Gasteiger partial charge is 0.336 e. The zero-order valence-corrected chi connectivity index (χ0v) is 11.1. The lowest BCUT2D eigenvalue weighted by Gasteiger charge is -1.99. The van der Waals surface area contributed by atoms with Crippen molar-refractivity contribution in [3.63, 3.8) is 0 Å². The molecule has 6 nitrogen and oxygen atoms in total. The van der Waals surface area contributed by atoms with E-state index in [1.165, 1.54) is 6.07 Å². The van der Waals surface area contributed by atoms with Gasteiger partial charge in [0, 0.05) is 6.20 Å². The van der Waals surface area contributed by atoms with Gasteiger partial charge in [-0.25, -0.2) is 4.79 Å². The van der Waals surface area contributed by atoms with Gasteiger partial charge in [-0.3, -0.25) is 4.98 Å². The highest BCUT2D eigenvalue weighted by Gasteiger charge is 2.18. The molecule has 0 aliphatic heterocycles. The fraction of sp³-hybridized carbons (Fsp3) is 0.0667. The minimum atomic E-state index is -1.04. The van der Waals surface area contributed by atoms with Crippen LogP contribution in [0.4, 0.5) is 0 Å². The summed E-state index contributed by atoms with van der Waals surface area (Å²) in [5, 5.41) is 13.1. The number of carbonyl (C=O) groups is 1. The molecule has 2 heterocycles. The number of hydrogen-bond donors (Lipinski definition) is 1. The average molecular weight is 281 g/mol. The number of aryl methyl sites for hydroxylation is 1. The third-order valence-corrected chi connectivity index (χ3v) is 3.04. The molecule has 0 saturated heterocycles. The van der Waals surface area contributed by atoms with E-state index < -0.39 is 5.97 Å². The van der Waals surface area contributed by atoms with Gasteiger partial charge in [0.15, 0.2) is 0 Å². The van der Waals surface area contributed by atoms with Crippen molar-refractivity contribution in [1.82, 2.24) is 15.1 Å². The molecule has 3 rings (SSSR count). The SMILES string of the molecule is Cc1cccnc1-c1noc(-c2ccccc2C(=O)O)n1. The Morgan fingerprint density at radius 3 is 2.76 bits per heavy atom. The standard InChI is InChI=1S/C15H11N3O3/c1-9-5-4-8-16-12(9)13-17-14(21-18-13)10-6-2-3-7-11(10)15(19)20/h2-8H,1H3,(H,19,20). The second-order valence-electron chi connectivity index (χ2n) is 4.44. The van der Waals surface area contributed by atoms with Crippen LogP contribution in [0, 0.1) is 6.92 Å². The normalized spacial score (nSPS) is 10.5. The van der Waals surface area contributed by atoms with Crippen LogP contribution in [0.25, 0.3) is 23.0 Å². The monoisotopic (exact) mass is 281 g/mol. The lowest BCUT2D eigenvalue weighted by Crippen LogP contribution is -1.99. The van der Waals surface area contributed by atoms with Gasteiger partial charge in [-0.1, -0.05) is 23.4 Å². The zero-order valence-electron chi connectivity index (χ0n) is 11.1. The Bertz CT molecular complexity index is 811. The largest absolute Gasteiger partial charge is 0.478 e. The molecule has 0 fully saturated rings. The highest BCUT2D eigenvalue weighted by molar-refractivity contribution is 5.94. The minimum absolute atomic E-state index is 0.116. The summed E-state index contributed by atoms with van der Waals surface area (Å²) >= 11 is 0. The van der Waals surface area contributed by atoms with Crippen LogP contribution < -0.4 is 0 Å². The third kappa shape index (κ3) is 2.38. The summed E-state index contributed by atoms with van der Waals surface area (Å²) in [7, 11) is 0. The van der Waals surface area contributed by atoms with Crippen molar-refractivity contribution in [2.75, 3.05) is 0 Å². The van der Waals surface area contributed by atoms with Crippen molar-refractivity contribution in [1.29, 1.82) is 0 Å². The first-order valence-electron chi connectivity index (χ1n) is 6.25. The van der Waals surface area contributed by atoms with E-state index in [2.05, 4.69) is 15.1 Å². The van der Waals surface area contributed by atoms with Gasteiger partial charge >= 0.3 is 5.97 Å². The lowest BCUT2D eigenvalue weighted by molar-refractivity contribution is 0.0697. The van der Waals surface area contributed by atoms with E-state index in [4.69, 9.17) is 4.52 Å². The summed E-state index contributed by atoms with van der Waals surface area (Å²) < 4.78 is 5.19. The maximum Gasteiger partial charge on any atom is 0.336 e. The van der Waals surface area contributed by atoms with Gasteiger partial charge in [-0.15, -0.1) is 0 Å². The fourth-order valence-electron chi connectivity index (χ4n) is 2.00. The van der Waals surface area contributed by atoms with Crippen molar-refractivity contribution in [2.24, 2.45) is 0 Å². The Balaban J connectivity index is 2.08. The summed E-state index contributed by atoms with van der Waals surface area (Å²) in [5.41, 5.74) is 2.03. The molecule has 0 amide bonds. The lowest BCUT2D eigenvalue weighted by atomic mass is 10.1. The Kier molecular flexibility index (Phi) is 3.19. The molecule has 104 valence electrons. The van der Waals surface area contributed by atoms with E-state index in [0.29, 0.717) is 17.1 Å². The van der Waals surface area contributed by atoms with Crippen LogP contribution in [0.2, 0.25) is 0 Å². The van der Waals surface area contributed by atoms with Crippen LogP contribution in [-0.2, 0) is 0 Å². The van der Waals surface area contributed by atoms with E-state index in [1.54, 1.807) is 24.4 Å².